The van der Waals surface area contributed by atoms with Gasteiger partial charge >= 0.3 is 5.97 Å². The smallest absolute Gasteiger partial charge is 0.302 e. The molecule has 25 heavy (non-hydrogen) atoms. The van der Waals surface area contributed by atoms with Gasteiger partial charge in [0, 0.05) is 19.3 Å². The molecule has 0 heterocycles. The van der Waals surface area contributed by atoms with E-state index in [1.165, 1.54) is 12.5 Å². The Morgan fingerprint density at radius 3 is 2.72 bits per heavy atom. The molecule has 4 nitrogen and oxygen atoms in total. The second-order valence-electron chi connectivity index (χ2n) is 8.74. The van der Waals surface area contributed by atoms with Gasteiger partial charge in [-0.05, 0) is 61.9 Å². The minimum atomic E-state index is -0.237. The highest BCUT2D eigenvalue weighted by Gasteiger charge is 2.51. The van der Waals surface area contributed by atoms with Crippen molar-refractivity contribution in [3.8, 4) is 0 Å². The van der Waals surface area contributed by atoms with E-state index in [9.17, 15) is 14.7 Å². The van der Waals surface area contributed by atoms with E-state index in [1.807, 2.05) is 6.08 Å². The van der Waals surface area contributed by atoms with Crippen LogP contribution in [0.5, 0.6) is 0 Å². The quantitative estimate of drug-likeness (QED) is 0.732. The summed E-state index contributed by atoms with van der Waals surface area (Å²) in [6.45, 7) is 5.95. The molecule has 3 rings (SSSR count). The van der Waals surface area contributed by atoms with Crippen molar-refractivity contribution in [3.05, 3.63) is 11.6 Å². The zero-order valence-electron chi connectivity index (χ0n) is 15.8. The summed E-state index contributed by atoms with van der Waals surface area (Å²) < 4.78 is 5.43. The first-order valence-corrected chi connectivity index (χ1v) is 9.91. The highest BCUT2D eigenvalue weighted by molar-refractivity contribution is 5.94. The van der Waals surface area contributed by atoms with E-state index in [0.717, 1.165) is 44.9 Å². The Kier molecular flexibility index (Phi) is 5.38. The predicted molar refractivity (Wildman–Crippen MR) is 95.8 cm³/mol. The second-order valence-corrected chi connectivity index (χ2v) is 8.74. The Labute approximate surface area is 151 Å². The van der Waals surface area contributed by atoms with Crippen molar-refractivity contribution in [2.75, 3.05) is 0 Å². The van der Waals surface area contributed by atoms with Gasteiger partial charge in [-0.3, -0.25) is 9.59 Å². The minimum Gasteiger partial charge on any atom is -0.462 e. The number of rotatable bonds is 1. The van der Waals surface area contributed by atoms with Crippen LogP contribution in [0.25, 0.3) is 0 Å². The lowest BCUT2D eigenvalue weighted by atomic mass is 9.53. The molecule has 4 heteroatoms. The van der Waals surface area contributed by atoms with Gasteiger partial charge in [0.05, 0.1) is 6.10 Å². The molecule has 0 radical (unpaired) electrons. The van der Waals surface area contributed by atoms with Crippen LogP contribution < -0.4 is 0 Å². The minimum absolute atomic E-state index is 0.0266. The summed E-state index contributed by atoms with van der Waals surface area (Å²) >= 11 is 0. The van der Waals surface area contributed by atoms with Gasteiger partial charge in [0.15, 0.2) is 5.78 Å². The molecule has 140 valence electrons. The highest BCUT2D eigenvalue weighted by Crippen LogP contribution is 2.55. The van der Waals surface area contributed by atoms with E-state index in [1.54, 1.807) is 0 Å². The summed E-state index contributed by atoms with van der Waals surface area (Å²) in [4.78, 5) is 24.3. The third-order valence-corrected chi connectivity index (χ3v) is 7.02. The fourth-order valence-corrected chi connectivity index (χ4v) is 5.57. The second kappa shape index (κ2) is 7.22. The van der Waals surface area contributed by atoms with Crippen LogP contribution in [-0.2, 0) is 14.3 Å². The van der Waals surface area contributed by atoms with Crippen molar-refractivity contribution in [1.82, 2.24) is 0 Å². The molecule has 0 aliphatic heterocycles. The summed E-state index contributed by atoms with van der Waals surface area (Å²) in [6.07, 6.45) is 8.67. The molecule has 3 unspecified atom stereocenters. The summed E-state index contributed by atoms with van der Waals surface area (Å²) in [5.74, 6) is 0.748. The number of ketones is 1. The maximum Gasteiger partial charge on any atom is 0.302 e. The average Bonchev–Trinajstić information content (AvgIpc) is 2.60. The van der Waals surface area contributed by atoms with Crippen molar-refractivity contribution in [3.63, 3.8) is 0 Å². The molecule has 0 spiro atoms. The van der Waals surface area contributed by atoms with E-state index in [0.29, 0.717) is 18.3 Å². The molecule has 6 atom stereocenters. The van der Waals surface area contributed by atoms with Crippen LogP contribution in [0.3, 0.4) is 0 Å². The van der Waals surface area contributed by atoms with Gasteiger partial charge in [0.25, 0.3) is 0 Å². The first-order chi connectivity index (χ1) is 11.8. The lowest BCUT2D eigenvalue weighted by Gasteiger charge is -2.51. The van der Waals surface area contributed by atoms with Crippen LogP contribution in [0.2, 0.25) is 0 Å². The Balaban J connectivity index is 1.88. The molecule has 1 N–H and O–H groups in total. The summed E-state index contributed by atoms with van der Waals surface area (Å²) in [6, 6.07) is 0. The summed E-state index contributed by atoms with van der Waals surface area (Å²) in [5, 5.41) is 10.1. The van der Waals surface area contributed by atoms with Crippen LogP contribution in [0.1, 0.15) is 72.1 Å². The van der Waals surface area contributed by atoms with Gasteiger partial charge in [-0.25, -0.2) is 0 Å². The van der Waals surface area contributed by atoms with Crippen LogP contribution in [0.15, 0.2) is 11.6 Å². The van der Waals surface area contributed by atoms with Crippen LogP contribution in [0.4, 0.5) is 0 Å². The molecular formula is C21H32O4. The summed E-state index contributed by atoms with van der Waals surface area (Å²) in [7, 11) is 0. The van der Waals surface area contributed by atoms with E-state index in [-0.39, 0.29) is 35.3 Å². The fourth-order valence-electron chi connectivity index (χ4n) is 5.57. The summed E-state index contributed by atoms with van der Waals surface area (Å²) in [5.41, 5.74) is 1.21. The Morgan fingerprint density at radius 1 is 1.24 bits per heavy atom. The van der Waals surface area contributed by atoms with Crippen molar-refractivity contribution in [1.29, 1.82) is 0 Å². The van der Waals surface area contributed by atoms with Crippen molar-refractivity contribution < 1.29 is 19.4 Å². The monoisotopic (exact) mass is 348 g/mol. The number of esters is 1. The molecule has 0 bridgehead atoms. The van der Waals surface area contributed by atoms with Crippen LogP contribution in [-0.4, -0.2) is 29.1 Å². The van der Waals surface area contributed by atoms with Crippen molar-refractivity contribution in [2.24, 2.45) is 23.2 Å². The van der Waals surface area contributed by atoms with Crippen molar-refractivity contribution in [2.45, 2.75) is 84.3 Å². The SMILES string of the molecule is CC(=O)O[C@H]1CC[C@@]2(C)C(=CC(=O)C3C(C)CC[C@H](O)CCCC32)C1. The standard InChI is InChI=1S/C21H32O4/c1-13-7-8-16(23)5-4-6-18-20(13)19(24)12-15-11-17(25-14(2)22)9-10-21(15,18)3/h12-13,16-18,20,23H,4-11H2,1-3H3/t13?,16-,17+,18?,20?,21+/m1/s1. The lowest BCUT2D eigenvalue weighted by Crippen LogP contribution is -2.47. The molecule has 0 aromatic rings. The van der Waals surface area contributed by atoms with E-state index >= 15 is 0 Å². The molecular weight excluding hydrogens is 316 g/mol. The Morgan fingerprint density at radius 2 is 2.00 bits per heavy atom. The highest BCUT2D eigenvalue weighted by atomic mass is 16.5. The third kappa shape index (κ3) is 3.69. The van der Waals surface area contributed by atoms with Crippen LogP contribution >= 0.6 is 0 Å². The fraction of sp³-hybridized carbons (Fsp3) is 0.810. The zero-order valence-corrected chi connectivity index (χ0v) is 15.8. The van der Waals surface area contributed by atoms with Crippen LogP contribution in [0, 0.1) is 23.2 Å². The van der Waals surface area contributed by atoms with Gasteiger partial charge in [0.1, 0.15) is 6.10 Å². The molecule has 0 aromatic carbocycles. The number of hydrogen-bond acceptors (Lipinski definition) is 4. The molecule has 0 saturated heterocycles. The zero-order chi connectivity index (χ0) is 18.2. The Bertz CT molecular complexity index is 566. The normalized spacial score (nSPS) is 42.2. The molecule has 0 amide bonds. The van der Waals surface area contributed by atoms with E-state index in [2.05, 4.69) is 13.8 Å². The lowest BCUT2D eigenvalue weighted by molar-refractivity contribution is -0.148. The maximum absolute atomic E-state index is 13.0. The number of fused-ring (bicyclic) bond motifs is 3. The van der Waals surface area contributed by atoms with Crippen molar-refractivity contribution >= 4 is 11.8 Å². The first-order valence-electron chi connectivity index (χ1n) is 9.91. The number of carbonyl (C=O) groups excluding carboxylic acids is 2. The average molecular weight is 348 g/mol. The topological polar surface area (TPSA) is 63.6 Å². The molecule has 2 saturated carbocycles. The van der Waals surface area contributed by atoms with E-state index < -0.39 is 0 Å². The van der Waals surface area contributed by atoms with Gasteiger partial charge in [0.2, 0.25) is 0 Å². The van der Waals surface area contributed by atoms with Gasteiger partial charge < -0.3 is 9.84 Å². The molecule has 3 aliphatic carbocycles. The number of allylic oxidation sites excluding steroid dienone is 1. The van der Waals surface area contributed by atoms with Gasteiger partial charge in [-0.2, -0.15) is 0 Å². The largest absolute Gasteiger partial charge is 0.462 e. The molecule has 3 aliphatic rings. The number of aliphatic hydroxyl groups excluding tert-OH is 1. The molecule has 2 fully saturated rings. The predicted octanol–water partition coefficient (Wildman–Crippen LogP) is 3.81. The van der Waals surface area contributed by atoms with Gasteiger partial charge in [-0.1, -0.05) is 25.8 Å². The maximum atomic E-state index is 13.0. The first kappa shape index (κ1) is 18.6. The van der Waals surface area contributed by atoms with E-state index in [4.69, 9.17) is 4.74 Å². The number of aliphatic hydroxyl groups is 1. The molecule has 0 aromatic heterocycles. The third-order valence-electron chi connectivity index (χ3n) is 7.02. The number of hydrogen-bond donors (Lipinski definition) is 1. The number of carbonyl (C=O) groups is 2. The Hall–Kier alpha value is -1.16. The number of ether oxygens (including phenoxy) is 1. The van der Waals surface area contributed by atoms with Gasteiger partial charge in [-0.15, -0.1) is 0 Å².